The molecule has 41 heavy (non-hydrogen) atoms. The highest BCUT2D eigenvalue weighted by Gasteiger charge is 2.26. The molecule has 9 aromatic rings. The van der Waals surface area contributed by atoms with Gasteiger partial charge in [-0.3, -0.25) is 9.38 Å². The predicted molar refractivity (Wildman–Crippen MR) is 166 cm³/mol. The molecule has 0 atom stereocenters. The number of para-hydroxylation sites is 1. The van der Waals surface area contributed by atoms with Gasteiger partial charge in [0.1, 0.15) is 11.3 Å². The van der Waals surface area contributed by atoms with Gasteiger partial charge in [0.2, 0.25) is 0 Å². The first-order valence-electron chi connectivity index (χ1n) is 13.9. The molecule has 0 fully saturated rings. The molecule has 0 saturated heterocycles. The normalized spacial score (nSPS) is 12.8. The highest BCUT2D eigenvalue weighted by molar-refractivity contribution is 6.28. The molecule has 4 aromatic carbocycles. The summed E-state index contributed by atoms with van der Waals surface area (Å²) in [5, 5.41) is 5.96. The van der Waals surface area contributed by atoms with Crippen LogP contribution in [0.2, 0.25) is 0 Å². The number of aromatic nitrogens is 5. The first-order chi connectivity index (χ1) is 20.4. The van der Waals surface area contributed by atoms with Gasteiger partial charge in [0.25, 0.3) is 0 Å². The van der Waals surface area contributed by atoms with Crippen LogP contribution in [-0.2, 0) is 6.42 Å². The summed E-state index contributed by atoms with van der Waals surface area (Å²) in [6.07, 6.45) is 6.49. The van der Waals surface area contributed by atoms with E-state index in [9.17, 15) is 0 Å². The predicted octanol–water partition coefficient (Wildman–Crippen LogP) is 8.25. The molecule has 10 rings (SSSR count). The van der Waals surface area contributed by atoms with Crippen molar-refractivity contribution in [2.45, 2.75) is 6.42 Å². The molecule has 5 heteroatoms. The van der Waals surface area contributed by atoms with Crippen LogP contribution in [0.4, 0.5) is 0 Å². The van der Waals surface area contributed by atoms with Crippen LogP contribution in [0.15, 0.2) is 116 Å². The Balaban J connectivity index is 1.49. The van der Waals surface area contributed by atoms with Crippen molar-refractivity contribution in [3.05, 3.63) is 127 Å². The van der Waals surface area contributed by atoms with Crippen molar-refractivity contribution in [2.75, 3.05) is 0 Å². The fraction of sp³-hybridized carbons (Fsp3) is 0.0278. The molecule has 0 N–H and O–H groups in total. The van der Waals surface area contributed by atoms with Crippen LogP contribution in [0, 0.1) is 0 Å². The summed E-state index contributed by atoms with van der Waals surface area (Å²) in [4.78, 5) is 14.4. The highest BCUT2D eigenvalue weighted by Crippen LogP contribution is 2.47. The van der Waals surface area contributed by atoms with Gasteiger partial charge < -0.3 is 4.57 Å². The molecular weight excluding hydrogens is 502 g/mol. The van der Waals surface area contributed by atoms with E-state index in [0.29, 0.717) is 0 Å². The maximum atomic E-state index is 5.12. The Morgan fingerprint density at radius 2 is 1.46 bits per heavy atom. The standard InChI is InChI=1S/C36H21N5/c1-2-8-22(9-3-1)40-30-15-14-24-23-10-5-4-7-21(23)19-28(24)32(30)25-12-13-27-33(34(25)40)26-11-6-17-38-35(26)41-31-20-37-18-16-29(31)39-36(27)41/h1-18,20H,19H2. The second-order valence-electron chi connectivity index (χ2n) is 10.9. The monoisotopic (exact) mass is 523 g/mol. The third-order valence-electron chi connectivity index (χ3n) is 8.86. The first kappa shape index (κ1) is 21.3. The fourth-order valence-electron chi connectivity index (χ4n) is 7.22. The van der Waals surface area contributed by atoms with Gasteiger partial charge in [-0.1, -0.05) is 54.6 Å². The van der Waals surface area contributed by atoms with Crippen LogP contribution in [0.5, 0.6) is 0 Å². The van der Waals surface area contributed by atoms with E-state index in [1.165, 1.54) is 49.4 Å². The van der Waals surface area contributed by atoms with Gasteiger partial charge in [0, 0.05) is 45.0 Å². The Morgan fingerprint density at radius 3 is 2.41 bits per heavy atom. The lowest BCUT2D eigenvalue weighted by Crippen LogP contribution is -1.98. The van der Waals surface area contributed by atoms with Gasteiger partial charge >= 0.3 is 0 Å². The van der Waals surface area contributed by atoms with Gasteiger partial charge in [-0.2, -0.15) is 0 Å². The van der Waals surface area contributed by atoms with E-state index in [-0.39, 0.29) is 0 Å². The molecule has 0 spiro atoms. The SMILES string of the molecule is c1ccc(-n2c3ccc4c(c3c3ccc5c(c6cccnc6n6c7cnccc7nc56)c32)Cc2ccccc2-4)cc1. The summed E-state index contributed by atoms with van der Waals surface area (Å²) in [5.41, 5.74) is 12.7. The van der Waals surface area contributed by atoms with Crippen LogP contribution in [0.3, 0.4) is 0 Å². The Labute approximate surface area is 234 Å². The summed E-state index contributed by atoms with van der Waals surface area (Å²) >= 11 is 0. The van der Waals surface area contributed by atoms with Gasteiger partial charge in [-0.05, 0) is 71.1 Å². The molecule has 1 aliphatic rings. The second-order valence-corrected chi connectivity index (χ2v) is 10.9. The lowest BCUT2D eigenvalue weighted by Gasteiger charge is -2.13. The molecule has 5 heterocycles. The van der Waals surface area contributed by atoms with Crippen molar-refractivity contribution < 1.29 is 0 Å². The number of pyridine rings is 3. The van der Waals surface area contributed by atoms with E-state index in [4.69, 9.17) is 9.97 Å². The lowest BCUT2D eigenvalue weighted by molar-refractivity contribution is 1.18. The van der Waals surface area contributed by atoms with Crippen LogP contribution >= 0.6 is 0 Å². The minimum Gasteiger partial charge on any atom is -0.309 e. The van der Waals surface area contributed by atoms with Gasteiger partial charge in [-0.25, -0.2) is 9.97 Å². The Bertz CT molecular complexity index is 2550. The van der Waals surface area contributed by atoms with Gasteiger partial charge in [0.15, 0.2) is 0 Å². The largest absolute Gasteiger partial charge is 0.309 e. The zero-order valence-corrected chi connectivity index (χ0v) is 21.9. The molecule has 0 unspecified atom stereocenters. The van der Waals surface area contributed by atoms with Crippen LogP contribution in [-0.4, -0.2) is 23.9 Å². The minimum atomic E-state index is 0.889. The molecule has 190 valence electrons. The topological polar surface area (TPSA) is 48.0 Å². The number of benzene rings is 4. The maximum Gasteiger partial charge on any atom is 0.147 e. The summed E-state index contributed by atoms with van der Waals surface area (Å²) in [6.45, 7) is 0. The van der Waals surface area contributed by atoms with E-state index in [1.807, 2.05) is 24.5 Å². The number of nitrogens with zero attached hydrogens (tertiary/aromatic N) is 5. The number of rotatable bonds is 1. The molecule has 0 amide bonds. The summed E-state index contributed by atoms with van der Waals surface area (Å²) in [6, 6.07) is 34.9. The van der Waals surface area contributed by atoms with Crippen molar-refractivity contribution in [2.24, 2.45) is 0 Å². The van der Waals surface area contributed by atoms with Crippen molar-refractivity contribution in [1.82, 2.24) is 23.9 Å². The molecule has 0 bridgehead atoms. The minimum absolute atomic E-state index is 0.889. The third kappa shape index (κ3) is 2.63. The van der Waals surface area contributed by atoms with E-state index in [1.54, 1.807) is 6.20 Å². The smallest absolute Gasteiger partial charge is 0.147 e. The third-order valence-corrected chi connectivity index (χ3v) is 8.86. The van der Waals surface area contributed by atoms with Crippen LogP contribution in [0.1, 0.15) is 11.1 Å². The molecule has 1 aliphatic carbocycles. The van der Waals surface area contributed by atoms with E-state index >= 15 is 0 Å². The maximum absolute atomic E-state index is 5.12. The molecule has 0 radical (unpaired) electrons. The highest BCUT2D eigenvalue weighted by atomic mass is 15.1. The van der Waals surface area contributed by atoms with Gasteiger partial charge in [0.05, 0.1) is 28.3 Å². The molecule has 0 saturated carbocycles. The number of fused-ring (bicyclic) bond motifs is 16. The quantitative estimate of drug-likeness (QED) is 0.204. The van der Waals surface area contributed by atoms with Crippen molar-refractivity contribution in [3.63, 3.8) is 0 Å². The van der Waals surface area contributed by atoms with Crippen molar-refractivity contribution >= 4 is 60.3 Å². The number of hydrogen-bond acceptors (Lipinski definition) is 3. The first-order valence-corrected chi connectivity index (χ1v) is 13.9. The summed E-state index contributed by atoms with van der Waals surface area (Å²) < 4.78 is 4.61. The van der Waals surface area contributed by atoms with Crippen LogP contribution < -0.4 is 0 Å². The summed E-state index contributed by atoms with van der Waals surface area (Å²) in [7, 11) is 0. The molecular formula is C36H21N5. The molecule has 5 aromatic heterocycles. The summed E-state index contributed by atoms with van der Waals surface area (Å²) in [5.74, 6) is 0. The Morgan fingerprint density at radius 1 is 0.610 bits per heavy atom. The molecule has 0 aliphatic heterocycles. The zero-order valence-electron chi connectivity index (χ0n) is 21.9. The zero-order chi connectivity index (χ0) is 26.7. The average Bonchev–Trinajstić information content (AvgIpc) is 3.71. The molecule has 5 nitrogen and oxygen atoms in total. The number of imidazole rings is 1. The van der Waals surface area contributed by atoms with Crippen molar-refractivity contribution in [1.29, 1.82) is 0 Å². The van der Waals surface area contributed by atoms with E-state index in [2.05, 4.69) is 98.9 Å². The van der Waals surface area contributed by atoms with Crippen molar-refractivity contribution in [3.8, 4) is 16.8 Å². The number of hydrogen-bond donors (Lipinski definition) is 0. The average molecular weight is 524 g/mol. The second kappa shape index (κ2) is 7.55. The van der Waals surface area contributed by atoms with Gasteiger partial charge in [-0.15, -0.1) is 0 Å². The Kier molecular flexibility index (Phi) is 3.92. The van der Waals surface area contributed by atoms with E-state index in [0.717, 1.165) is 45.2 Å². The fourth-order valence-corrected chi connectivity index (χ4v) is 7.22. The lowest BCUT2D eigenvalue weighted by atomic mass is 9.99. The Hall–Kier alpha value is -5.55. The van der Waals surface area contributed by atoms with Crippen LogP contribution in [0.25, 0.3) is 77.1 Å². The van der Waals surface area contributed by atoms with E-state index < -0.39 is 0 Å².